The minimum absolute atomic E-state index is 0.505. The van der Waals surface area contributed by atoms with Crippen molar-refractivity contribution in [3.05, 3.63) is 11.7 Å². The molecule has 0 aromatic carbocycles. The van der Waals surface area contributed by atoms with Crippen LogP contribution < -0.4 is 5.32 Å². The average Bonchev–Trinajstić information content (AvgIpc) is 2.60. The van der Waals surface area contributed by atoms with E-state index in [2.05, 4.69) is 22.4 Å². The highest BCUT2D eigenvalue weighted by Gasteiger charge is 2.20. The van der Waals surface area contributed by atoms with Crippen LogP contribution in [-0.2, 0) is 6.54 Å². The number of aromatic nitrogens is 2. The summed E-state index contributed by atoms with van der Waals surface area (Å²) in [5.74, 6) is 2.15. The van der Waals surface area contributed by atoms with Gasteiger partial charge in [0, 0.05) is 5.92 Å². The van der Waals surface area contributed by atoms with Crippen LogP contribution in [0.1, 0.15) is 63.1 Å². The smallest absolute Gasteiger partial charge is 0.229 e. The summed E-state index contributed by atoms with van der Waals surface area (Å²) in [4.78, 5) is 4.47. The molecule has 0 atom stereocenters. The molecule has 4 nitrogen and oxygen atoms in total. The standard InChI is InChI=1S/C12H21N3O/c1-2-13-9-11-14-12(16-15-11)10-7-5-3-4-6-8-10/h10,13H,2-9H2,1H3. The van der Waals surface area contributed by atoms with Gasteiger partial charge in [0.05, 0.1) is 6.54 Å². The van der Waals surface area contributed by atoms with Crippen molar-refractivity contribution in [3.8, 4) is 0 Å². The fraction of sp³-hybridized carbons (Fsp3) is 0.833. The van der Waals surface area contributed by atoms with E-state index in [4.69, 9.17) is 4.52 Å². The summed E-state index contributed by atoms with van der Waals surface area (Å²) in [6, 6.07) is 0. The van der Waals surface area contributed by atoms with Crippen LogP contribution in [0.25, 0.3) is 0 Å². The van der Waals surface area contributed by atoms with Crippen molar-refractivity contribution < 1.29 is 4.52 Å². The third kappa shape index (κ3) is 3.04. The lowest BCUT2D eigenvalue weighted by Gasteiger charge is -2.06. The van der Waals surface area contributed by atoms with E-state index in [0.29, 0.717) is 12.5 Å². The lowest BCUT2D eigenvalue weighted by molar-refractivity contribution is 0.336. The summed E-state index contributed by atoms with van der Waals surface area (Å²) in [6.45, 7) is 3.73. The second kappa shape index (κ2) is 5.99. The van der Waals surface area contributed by atoms with Crippen molar-refractivity contribution in [2.75, 3.05) is 6.54 Å². The maximum Gasteiger partial charge on any atom is 0.229 e. The number of rotatable bonds is 4. The van der Waals surface area contributed by atoms with Gasteiger partial charge >= 0.3 is 0 Å². The van der Waals surface area contributed by atoms with Crippen molar-refractivity contribution in [2.24, 2.45) is 0 Å². The maximum absolute atomic E-state index is 5.36. The molecule has 0 aliphatic heterocycles. The fourth-order valence-corrected chi connectivity index (χ4v) is 2.27. The first kappa shape index (κ1) is 11.6. The summed E-state index contributed by atoms with van der Waals surface area (Å²) in [7, 11) is 0. The minimum Gasteiger partial charge on any atom is -0.339 e. The zero-order valence-corrected chi connectivity index (χ0v) is 10.0. The van der Waals surface area contributed by atoms with E-state index in [9.17, 15) is 0 Å². The highest BCUT2D eigenvalue weighted by Crippen LogP contribution is 2.30. The maximum atomic E-state index is 5.36. The van der Waals surface area contributed by atoms with Gasteiger partial charge in [0.25, 0.3) is 0 Å². The van der Waals surface area contributed by atoms with Gasteiger partial charge in [-0.1, -0.05) is 37.8 Å². The molecule has 16 heavy (non-hydrogen) atoms. The molecule has 1 heterocycles. The van der Waals surface area contributed by atoms with Crippen LogP contribution in [0.4, 0.5) is 0 Å². The van der Waals surface area contributed by atoms with Gasteiger partial charge in [-0.25, -0.2) is 0 Å². The molecule has 2 rings (SSSR count). The van der Waals surface area contributed by atoms with E-state index in [1.165, 1.54) is 38.5 Å². The Labute approximate surface area is 96.8 Å². The Bertz CT molecular complexity index is 303. The molecule has 0 unspecified atom stereocenters. The van der Waals surface area contributed by atoms with Crippen LogP contribution in [0, 0.1) is 0 Å². The van der Waals surface area contributed by atoms with Crippen molar-refractivity contribution in [1.82, 2.24) is 15.5 Å². The molecule has 1 aliphatic rings. The SMILES string of the molecule is CCNCc1noc(C2CCCCCC2)n1. The largest absolute Gasteiger partial charge is 0.339 e. The van der Waals surface area contributed by atoms with Gasteiger partial charge in [-0.05, 0) is 19.4 Å². The molecule has 0 radical (unpaired) electrons. The van der Waals surface area contributed by atoms with Gasteiger partial charge in [-0.15, -0.1) is 0 Å². The first-order valence-corrected chi connectivity index (χ1v) is 6.43. The second-order valence-corrected chi connectivity index (χ2v) is 4.52. The molecule has 1 N–H and O–H groups in total. The van der Waals surface area contributed by atoms with Gasteiger partial charge in [-0.3, -0.25) is 0 Å². The number of nitrogens with zero attached hydrogens (tertiary/aromatic N) is 2. The van der Waals surface area contributed by atoms with Gasteiger partial charge in [0.1, 0.15) is 0 Å². The highest BCUT2D eigenvalue weighted by atomic mass is 16.5. The molecule has 1 aromatic heterocycles. The van der Waals surface area contributed by atoms with E-state index in [-0.39, 0.29) is 0 Å². The van der Waals surface area contributed by atoms with Gasteiger partial charge in [0.15, 0.2) is 5.82 Å². The van der Waals surface area contributed by atoms with Crippen LogP contribution >= 0.6 is 0 Å². The molecule has 90 valence electrons. The van der Waals surface area contributed by atoms with E-state index in [0.717, 1.165) is 18.3 Å². The summed E-state index contributed by atoms with van der Waals surface area (Å²) in [5, 5.41) is 7.22. The molecule has 1 fully saturated rings. The van der Waals surface area contributed by atoms with Crippen molar-refractivity contribution in [2.45, 2.75) is 57.9 Å². The number of hydrogen-bond donors (Lipinski definition) is 1. The predicted octanol–water partition coefficient (Wildman–Crippen LogP) is 2.62. The Morgan fingerprint density at radius 1 is 1.25 bits per heavy atom. The summed E-state index contributed by atoms with van der Waals surface area (Å²) < 4.78 is 5.36. The predicted molar refractivity (Wildman–Crippen MR) is 62.1 cm³/mol. The Balaban J connectivity index is 1.94. The van der Waals surface area contributed by atoms with Gasteiger partial charge < -0.3 is 9.84 Å². The lowest BCUT2D eigenvalue weighted by atomic mass is 10.0. The third-order valence-electron chi connectivity index (χ3n) is 3.22. The molecule has 1 aliphatic carbocycles. The lowest BCUT2D eigenvalue weighted by Crippen LogP contribution is -2.12. The van der Waals surface area contributed by atoms with Gasteiger partial charge in [-0.2, -0.15) is 4.98 Å². The summed E-state index contributed by atoms with van der Waals surface area (Å²) in [5.41, 5.74) is 0. The van der Waals surface area contributed by atoms with Crippen LogP contribution in [0.3, 0.4) is 0 Å². The molecule has 1 saturated carbocycles. The topological polar surface area (TPSA) is 51.0 Å². The number of nitrogens with one attached hydrogen (secondary N) is 1. The molecular weight excluding hydrogens is 202 g/mol. The zero-order chi connectivity index (χ0) is 11.2. The summed E-state index contributed by atoms with van der Waals surface area (Å²) in [6.07, 6.45) is 7.74. The van der Waals surface area contributed by atoms with Crippen LogP contribution in [0.5, 0.6) is 0 Å². The molecule has 4 heteroatoms. The summed E-state index contributed by atoms with van der Waals surface area (Å²) >= 11 is 0. The second-order valence-electron chi connectivity index (χ2n) is 4.52. The first-order valence-electron chi connectivity index (χ1n) is 6.43. The van der Waals surface area contributed by atoms with E-state index < -0.39 is 0 Å². The van der Waals surface area contributed by atoms with Crippen molar-refractivity contribution in [3.63, 3.8) is 0 Å². The van der Waals surface area contributed by atoms with E-state index >= 15 is 0 Å². The third-order valence-corrected chi connectivity index (χ3v) is 3.22. The van der Waals surface area contributed by atoms with Gasteiger partial charge in [0.2, 0.25) is 5.89 Å². The molecule has 0 amide bonds. The fourth-order valence-electron chi connectivity index (χ4n) is 2.27. The Hall–Kier alpha value is -0.900. The van der Waals surface area contributed by atoms with Crippen molar-refractivity contribution in [1.29, 1.82) is 0 Å². The molecule has 0 saturated heterocycles. The monoisotopic (exact) mass is 223 g/mol. The normalized spacial score (nSPS) is 18.6. The highest BCUT2D eigenvalue weighted by molar-refractivity contribution is 4.94. The van der Waals surface area contributed by atoms with Crippen LogP contribution in [-0.4, -0.2) is 16.7 Å². The number of hydrogen-bond acceptors (Lipinski definition) is 4. The Morgan fingerprint density at radius 2 is 2.00 bits per heavy atom. The van der Waals surface area contributed by atoms with E-state index in [1.807, 2.05) is 0 Å². The average molecular weight is 223 g/mol. The minimum atomic E-state index is 0.505. The van der Waals surface area contributed by atoms with Crippen LogP contribution in [0.2, 0.25) is 0 Å². The molecule has 0 spiro atoms. The zero-order valence-electron chi connectivity index (χ0n) is 10.0. The van der Waals surface area contributed by atoms with E-state index in [1.54, 1.807) is 0 Å². The van der Waals surface area contributed by atoms with Crippen LogP contribution in [0.15, 0.2) is 4.52 Å². The molecule has 1 aromatic rings. The Kier molecular flexibility index (Phi) is 4.34. The van der Waals surface area contributed by atoms with Crippen molar-refractivity contribution >= 4 is 0 Å². The quantitative estimate of drug-likeness (QED) is 0.797. The Morgan fingerprint density at radius 3 is 2.69 bits per heavy atom. The molecule has 0 bridgehead atoms. The molecular formula is C12H21N3O. The first-order chi connectivity index (χ1) is 7.90.